The van der Waals surface area contributed by atoms with Crippen LogP contribution in [0.2, 0.25) is 0 Å². The van der Waals surface area contributed by atoms with E-state index in [0.717, 1.165) is 23.3 Å². The molecular formula is C11H16BrN3. The van der Waals surface area contributed by atoms with Gasteiger partial charge in [-0.1, -0.05) is 0 Å². The molecule has 0 spiro atoms. The molecule has 1 fully saturated rings. The van der Waals surface area contributed by atoms with Gasteiger partial charge >= 0.3 is 0 Å². The fraction of sp³-hybridized carbons (Fsp3) is 0.545. The highest BCUT2D eigenvalue weighted by Crippen LogP contribution is 2.09. The summed E-state index contributed by atoms with van der Waals surface area (Å²) < 4.78 is 1.03. The first-order chi connectivity index (χ1) is 7.24. The molecule has 0 amide bonds. The van der Waals surface area contributed by atoms with Gasteiger partial charge in [0.2, 0.25) is 0 Å². The minimum Gasteiger partial charge on any atom is -0.307 e. The van der Waals surface area contributed by atoms with Crippen molar-refractivity contribution in [1.82, 2.24) is 15.2 Å². The summed E-state index contributed by atoms with van der Waals surface area (Å²) in [4.78, 5) is 6.69. The number of nitrogens with zero attached hydrogens (tertiary/aromatic N) is 2. The minimum atomic E-state index is 0.625. The second kappa shape index (κ2) is 5.05. The lowest BCUT2D eigenvalue weighted by Gasteiger charge is -2.12. The predicted octanol–water partition coefficient (Wildman–Crippen LogP) is 1.64. The molecule has 0 bridgehead atoms. The van der Waals surface area contributed by atoms with Crippen LogP contribution in [-0.4, -0.2) is 36.1 Å². The molecule has 0 aromatic carbocycles. The van der Waals surface area contributed by atoms with Crippen molar-refractivity contribution in [2.45, 2.75) is 19.0 Å². The van der Waals surface area contributed by atoms with Crippen LogP contribution in [0, 0.1) is 0 Å². The van der Waals surface area contributed by atoms with Gasteiger partial charge in [0.1, 0.15) is 0 Å². The normalized spacial score (nSPS) is 22.1. The minimum absolute atomic E-state index is 0.625. The molecule has 0 radical (unpaired) electrons. The average Bonchev–Trinajstić information content (AvgIpc) is 2.64. The van der Waals surface area contributed by atoms with Gasteiger partial charge in [0.05, 0.1) is 5.69 Å². The van der Waals surface area contributed by atoms with Crippen molar-refractivity contribution in [3.8, 4) is 0 Å². The molecule has 1 N–H and O–H groups in total. The van der Waals surface area contributed by atoms with Crippen LogP contribution in [0.15, 0.2) is 22.8 Å². The van der Waals surface area contributed by atoms with Gasteiger partial charge in [0, 0.05) is 29.8 Å². The number of aromatic nitrogens is 1. The van der Waals surface area contributed by atoms with E-state index in [4.69, 9.17) is 0 Å². The first kappa shape index (κ1) is 11.0. The smallest absolute Gasteiger partial charge is 0.0542 e. The topological polar surface area (TPSA) is 28.2 Å². The Hall–Kier alpha value is -0.450. The largest absolute Gasteiger partial charge is 0.307 e. The van der Waals surface area contributed by atoms with Crippen LogP contribution < -0.4 is 5.32 Å². The Kier molecular flexibility index (Phi) is 3.72. The van der Waals surface area contributed by atoms with Crippen LogP contribution in [-0.2, 0) is 6.54 Å². The molecule has 4 heteroatoms. The van der Waals surface area contributed by atoms with Crippen LogP contribution in [0.5, 0.6) is 0 Å². The summed E-state index contributed by atoms with van der Waals surface area (Å²) in [6.07, 6.45) is 3.09. The third-order valence-corrected chi connectivity index (χ3v) is 3.22. The van der Waals surface area contributed by atoms with Gasteiger partial charge in [0.25, 0.3) is 0 Å². The van der Waals surface area contributed by atoms with Gasteiger partial charge in [0.15, 0.2) is 0 Å². The maximum atomic E-state index is 4.34. The van der Waals surface area contributed by atoms with Crippen LogP contribution >= 0.6 is 15.9 Å². The van der Waals surface area contributed by atoms with E-state index >= 15 is 0 Å². The number of likely N-dealkylation sites (N-methyl/N-ethyl adjacent to an activating group) is 1. The second-order valence-electron chi connectivity index (χ2n) is 4.10. The van der Waals surface area contributed by atoms with Crippen molar-refractivity contribution in [1.29, 1.82) is 0 Å². The zero-order valence-corrected chi connectivity index (χ0v) is 10.5. The van der Waals surface area contributed by atoms with Gasteiger partial charge in [-0.25, -0.2) is 0 Å². The Balaban J connectivity index is 1.80. The van der Waals surface area contributed by atoms with Crippen molar-refractivity contribution in [2.24, 2.45) is 0 Å². The number of likely N-dealkylation sites (tertiary alicyclic amines) is 1. The standard InChI is InChI=1S/C11H16BrN3/c1-15-5-4-11(8-15)14-7-10-3-2-9(12)6-13-10/h2-3,6,11,14H,4-5,7-8H2,1H3. The van der Waals surface area contributed by atoms with Crippen molar-refractivity contribution in [3.63, 3.8) is 0 Å². The van der Waals surface area contributed by atoms with Gasteiger partial charge in [-0.2, -0.15) is 0 Å². The Morgan fingerprint density at radius 3 is 3.07 bits per heavy atom. The van der Waals surface area contributed by atoms with E-state index in [2.05, 4.69) is 44.2 Å². The molecule has 1 aliphatic rings. The van der Waals surface area contributed by atoms with E-state index in [1.165, 1.54) is 13.0 Å². The fourth-order valence-electron chi connectivity index (χ4n) is 1.86. The third kappa shape index (κ3) is 3.26. The summed E-state index contributed by atoms with van der Waals surface area (Å²) in [6.45, 7) is 3.22. The van der Waals surface area contributed by atoms with Gasteiger partial charge in [-0.05, 0) is 48.1 Å². The lowest BCUT2D eigenvalue weighted by molar-refractivity contribution is 0.397. The van der Waals surface area contributed by atoms with E-state index < -0.39 is 0 Å². The number of hydrogen-bond donors (Lipinski definition) is 1. The maximum absolute atomic E-state index is 4.34. The van der Waals surface area contributed by atoms with Crippen LogP contribution in [0.3, 0.4) is 0 Å². The molecule has 1 saturated heterocycles. The number of nitrogens with one attached hydrogen (secondary N) is 1. The van der Waals surface area contributed by atoms with Crippen molar-refractivity contribution < 1.29 is 0 Å². The summed E-state index contributed by atoms with van der Waals surface area (Å²) in [5, 5.41) is 3.53. The summed E-state index contributed by atoms with van der Waals surface area (Å²) in [7, 11) is 2.17. The van der Waals surface area contributed by atoms with Gasteiger partial charge in [-0.15, -0.1) is 0 Å². The molecule has 1 unspecified atom stereocenters. The molecule has 2 heterocycles. The van der Waals surface area contributed by atoms with Crippen molar-refractivity contribution in [2.75, 3.05) is 20.1 Å². The molecular weight excluding hydrogens is 254 g/mol. The van der Waals surface area contributed by atoms with Gasteiger partial charge in [-0.3, -0.25) is 4.98 Å². The number of halogens is 1. The Morgan fingerprint density at radius 2 is 2.47 bits per heavy atom. The Labute approximate surface area is 99.0 Å². The van der Waals surface area contributed by atoms with Gasteiger partial charge < -0.3 is 10.2 Å². The molecule has 1 aliphatic heterocycles. The number of pyridine rings is 1. The summed E-state index contributed by atoms with van der Waals surface area (Å²) >= 11 is 3.38. The lowest BCUT2D eigenvalue weighted by atomic mass is 10.2. The summed E-state index contributed by atoms with van der Waals surface area (Å²) in [5.41, 5.74) is 1.10. The zero-order valence-electron chi connectivity index (χ0n) is 8.91. The number of hydrogen-bond acceptors (Lipinski definition) is 3. The van der Waals surface area contributed by atoms with E-state index in [-0.39, 0.29) is 0 Å². The highest BCUT2D eigenvalue weighted by atomic mass is 79.9. The molecule has 1 aromatic heterocycles. The van der Waals surface area contributed by atoms with E-state index in [1.54, 1.807) is 0 Å². The van der Waals surface area contributed by atoms with Crippen molar-refractivity contribution >= 4 is 15.9 Å². The molecule has 2 rings (SSSR count). The van der Waals surface area contributed by atoms with Crippen LogP contribution in [0.4, 0.5) is 0 Å². The zero-order chi connectivity index (χ0) is 10.7. The SMILES string of the molecule is CN1CCC(NCc2ccc(Br)cn2)C1. The summed E-state index contributed by atoms with van der Waals surface area (Å²) in [6, 6.07) is 4.71. The summed E-state index contributed by atoms with van der Waals surface area (Å²) in [5.74, 6) is 0. The van der Waals surface area contributed by atoms with Crippen molar-refractivity contribution in [3.05, 3.63) is 28.5 Å². The van der Waals surface area contributed by atoms with Crippen LogP contribution in [0.25, 0.3) is 0 Å². The quantitative estimate of drug-likeness (QED) is 0.905. The molecule has 3 nitrogen and oxygen atoms in total. The second-order valence-corrected chi connectivity index (χ2v) is 5.01. The fourth-order valence-corrected chi connectivity index (χ4v) is 2.10. The molecule has 1 atom stereocenters. The first-order valence-electron chi connectivity index (χ1n) is 5.26. The molecule has 15 heavy (non-hydrogen) atoms. The predicted molar refractivity (Wildman–Crippen MR) is 64.7 cm³/mol. The van der Waals surface area contributed by atoms with E-state index in [0.29, 0.717) is 6.04 Å². The Morgan fingerprint density at radius 1 is 1.60 bits per heavy atom. The van der Waals surface area contributed by atoms with E-state index in [9.17, 15) is 0 Å². The third-order valence-electron chi connectivity index (χ3n) is 2.75. The monoisotopic (exact) mass is 269 g/mol. The van der Waals surface area contributed by atoms with Crippen LogP contribution in [0.1, 0.15) is 12.1 Å². The Bertz CT molecular complexity index is 312. The average molecular weight is 270 g/mol. The molecule has 0 saturated carbocycles. The lowest BCUT2D eigenvalue weighted by Crippen LogP contribution is -2.31. The number of rotatable bonds is 3. The first-order valence-corrected chi connectivity index (χ1v) is 6.06. The molecule has 82 valence electrons. The molecule has 1 aromatic rings. The molecule has 0 aliphatic carbocycles. The maximum Gasteiger partial charge on any atom is 0.0542 e. The highest BCUT2D eigenvalue weighted by Gasteiger charge is 2.18. The highest BCUT2D eigenvalue weighted by molar-refractivity contribution is 9.10. The van der Waals surface area contributed by atoms with E-state index in [1.807, 2.05) is 12.3 Å².